The maximum absolute atomic E-state index is 13.6. The number of amides is 1. The Morgan fingerprint density at radius 2 is 1.65 bits per heavy atom. The van der Waals surface area contributed by atoms with Gasteiger partial charge in [-0.15, -0.1) is 0 Å². The predicted octanol–water partition coefficient (Wildman–Crippen LogP) is 4.36. The zero-order valence-electron chi connectivity index (χ0n) is 19.2. The third-order valence-electron chi connectivity index (χ3n) is 5.19. The van der Waals surface area contributed by atoms with Crippen LogP contribution < -0.4 is 14.4 Å². The average Bonchev–Trinajstić information content (AvgIpc) is 2.78. The molecule has 10 heteroatoms. The summed E-state index contributed by atoms with van der Waals surface area (Å²) in [6.07, 6.45) is 0. The number of hydrogen-bond acceptors (Lipinski definition) is 6. The van der Waals surface area contributed by atoms with Gasteiger partial charge in [0.1, 0.15) is 12.3 Å². The molecule has 3 aromatic rings. The van der Waals surface area contributed by atoms with Crippen LogP contribution in [0.25, 0.3) is 0 Å². The maximum atomic E-state index is 13.6. The van der Waals surface area contributed by atoms with Crippen LogP contribution in [0.4, 0.5) is 17.1 Å². The van der Waals surface area contributed by atoms with Gasteiger partial charge >= 0.3 is 0 Å². The van der Waals surface area contributed by atoms with Gasteiger partial charge < -0.3 is 10.1 Å². The number of benzene rings is 3. The molecule has 3 aromatic carbocycles. The summed E-state index contributed by atoms with van der Waals surface area (Å²) in [6, 6.07) is 15.4. The Kier molecular flexibility index (Phi) is 7.21. The fourth-order valence-corrected chi connectivity index (χ4v) is 4.94. The predicted molar refractivity (Wildman–Crippen MR) is 130 cm³/mol. The average molecular weight is 484 g/mol. The normalized spacial score (nSPS) is 11.1. The van der Waals surface area contributed by atoms with Gasteiger partial charge in [-0.2, -0.15) is 0 Å². The van der Waals surface area contributed by atoms with Crippen LogP contribution in [0.5, 0.6) is 5.75 Å². The van der Waals surface area contributed by atoms with Crippen molar-refractivity contribution in [2.75, 3.05) is 23.3 Å². The third kappa shape index (κ3) is 5.34. The monoisotopic (exact) mass is 483 g/mol. The van der Waals surface area contributed by atoms with Gasteiger partial charge in [-0.25, -0.2) is 8.42 Å². The summed E-state index contributed by atoms with van der Waals surface area (Å²) >= 11 is 0. The van der Waals surface area contributed by atoms with Crippen molar-refractivity contribution in [3.8, 4) is 5.75 Å². The Labute approximate surface area is 198 Å². The molecule has 0 saturated carbocycles. The first-order chi connectivity index (χ1) is 16.0. The molecule has 0 aliphatic heterocycles. The summed E-state index contributed by atoms with van der Waals surface area (Å²) < 4.78 is 33.4. The number of ether oxygens (including phenoxy) is 1. The molecule has 0 fully saturated rings. The lowest BCUT2D eigenvalue weighted by molar-refractivity contribution is -0.384. The number of carbonyl (C=O) groups is 1. The molecule has 34 heavy (non-hydrogen) atoms. The summed E-state index contributed by atoms with van der Waals surface area (Å²) in [4.78, 5) is 23.6. The van der Waals surface area contributed by atoms with Crippen LogP contribution >= 0.6 is 0 Å². The SMILES string of the molecule is COc1ccc([N+](=O)[O-])cc1NC(=O)CN(c1ccc(C)cc1C)S(=O)(=O)c1ccc(C)cc1. The summed E-state index contributed by atoms with van der Waals surface area (Å²) in [7, 11) is -2.74. The lowest BCUT2D eigenvalue weighted by atomic mass is 10.1. The number of anilines is 2. The van der Waals surface area contributed by atoms with Crippen LogP contribution in [0, 0.1) is 30.9 Å². The summed E-state index contributed by atoms with van der Waals surface area (Å²) in [5.41, 5.74) is 2.70. The molecule has 0 radical (unpaired) electrons. The minimum atomic E-state index is -4.10. The highest BCUT2D eigenvalue weighted by atomic mass is 32.2. The number of nitrogens with one attached hydrogen (secondary N) is 1. The second-order valence-electron chi connectivity index (χ2n) is 7.80. The van der Waals surface area contributed by atoms with Gasteiger partial charge in [-0.3, -0.25) is 19.2 Å². The van der Waals surface area contributed by atoms with Crippen LogP contribution in [0.3, 0.4) is 0 Å². The van der Waals surface area contributed by atoms with Crippen molar-refractivity contribution in [1.29, 1.82) is 0 Å². The highest BCUT2D eigenvalue weighted by Crippen LogP contribution is 2.30. The van der Waals surface area contributed by atoms with Gasteiger partial charge in [-0.1, -0.05) is 35.4 Å². The minimum Gasteiger partial charge on any atom is -0.495 e. The van der Waals surface area contributed by atoms with E-state index in [1.54, 1.807) is 31.2 Å². The molecule has 0 aromatic heterocycles. The summed E-state index contributed by atoms with van der Waals surface area (Å²) in [6.45, 7) is 4.95. The lowest BCUT2D eigenvalue weighted by Gasteiger charge is -2.26. The number of methoxy groups -OCH3 is 1. The first kappa shape index (κ1) is 24.7. The first-order valence-electron chi connectivity index (χ1n) is 10.3. The molecule has 0 bridgehead atoms. The van der Waals surface area contributed by atoms with Crippen molar-refractivity contribution in [1.82, 2.24) is 0 Å². The fraction of sp³-hybridized carbons (Fsp3) is 0.208. The zero-order valence-corrected chi connectivity index (χ0v) is 20.0. The van der Waals surface area contributed by atoms with E-state index >= 15 is 0 Å². The Morgan fingerprint density at radius 1 is 1.00 bits per heavy atom. The van der Waals surface area contributed by atoms with Crippen molar-refractivity contribution in [2.45, 2.75) is 25.7 Å². The van der Waals surface area contributed by atoms with Crippen molar-refractivity contribution in [3.05, 3.63) is 87.5 Å². The second-order valence-corrected chi connectivity index (χ2v) is 9.67. The van der Waals surface area contributed by atoms with Crippen LogP contribution in [0.2, 0.25) is 0 Å². The first-order valence-corrected chi connectivity index (χ1v) is 11.8. The van der Waals surface area contributed by atoms with Crippen molar-refractivity contribution >= 4 is 33.0 Å². The van der Waals surface area contributed by atoms with Gasteiger partial charge in [0.25, 0.3) is 15.7 Å². The Balaban J connectivity index is 2.01. The van der Waals surface area contributed by atoms with E-state index in [2.05, 4.69) is 5.32 Å². The standard InChI is InChI=1S/C24H25N3O6S/c1-16-5-9-20(10-6-16)34(31,32)26(22-11-7-17(2)13-18(22)3)15-24(28)25-21-14-19(27(29)30)8-12-23(21)33-4/h5-14H,15H2,1-4H3,(H,25,28). The zero-order chi connectivity index (χ0) is 25.0. The number of rotatable bonds is 8. The summed E-state index contributed by atoms with van der Waals surface area (Å²) in [5, 5.41) is 13.7. The van der Waals surface area contributed by atoms with Gasteiger partial charge in [-0.05, 0) is 50.6 Å². The molecule has 0 heterocycles. The maximum Gasteiger partial charge on any atom is 0.271 e. The smallest absolute Gasteiger partial charge is 0.271 e. The van der Waals surface area contributed by atoms with E-state index in [0.29, 0.717) is 11.3 Å². The molecule has 1 amide bonds. The van der Waals surface area contributed by atoms with Crippen molar-refractivity contribution in [3.63, 3.8) is 0 Å². The molecule has 1 N–H and O–H groups in total. The number of aryl methyl sites for hydroxylation is 3. The number of hydrogen-bond donors (Lipinski definition) is 1. The van der Waals surface area contributed by atoms with Crippen LogP contribution in [0.1, 0.15) is 16.7 Å². The van der Waals surface area contributed by atoms with Crippen molar-refractivity contribution in [2.24, 2.45) is 0 Å². The molecule has 0 unspecified atom stereocenters. The van der Waals surface area contributed by atoms with E-state index in [1.807, 2.05) is 19.9 Å². The van der Waals surface area contributed by atoms with Crippen LogP contribution in [-0.4, -0.2) is 32.9 Å². The van der Waals surface area contributed by atoms with Gasteiger partial charge in [0.05, 0.1) is 28.3 Å². The van der Waals surface area contributed by atoms with E-state index in [-0.39, 0.29) is 22.0 Å². The molecule has 0 spiro atoms. The molecule has 0 aliphatic rings. The minimum absolute atomic E-state index is 0.0406. The number of nitro benzene ring substituents is 1. The fourth-order valence-electron chi connectivity index (χ4n) is 3.45. The highest BCUT2D eigenvalue weighted by Gasteiger charge is 2.29. The van der Waals surface area contributed by atoms with E-state index < -0.39 is 27.4 Å². The van der Waals surface area contributed by atoms with E-state index in [9.17, 15) is 23.3 Å². The van der Waals surface area contributed by atoms with Crippen LogP contribution in [-0.2, 0) is 14.8 Å². The molecule has 178 valence electrons. The highest BCUT2D eigenvalue weighted by molar-refractivity contribution is 7.92. The third-order valence-corrected chi connectivity index (χ3v) is 6.96. The van der Waals surface area contributed by atoms with Crippen molar-refractivity contribution < 1.29 is 22.9 Å². The Morgan fingerprint density at radius 3 is 2.24 bits per heavy atom. The molecular formula is C24H25N3O6S. The molecule has 0 aliphatic carbocycles. The quantitative estimate of drug-likeness (QED) is 0.376. The number of carbonyl (C=O) groups excluding carboxylic acids is 1. The number of nitrogens with zero attached hydrogens (tertiary/aromatic N) is 2. The molecule has 3 rings (SSSR count). The van der Waals surface area contributed by atoms with Crippen LogP contribution in [0.15, 0.2) is 65.6 Å². The Bertz CT molecular complexity index is 1340. The van der Waals surface area contributed by atoms with E-state index in [0.717, 1.165) is 21.5 Å². The summed E-state index contributed by atoms with van der Waals surface area (Å²) in [5.74, 6) is -0.479. The largest absolute Gasteiger partial charge is 0.495 e. The lowest BCUT2D eigenvalue weighted by Crippen LogP contribution is -2.38. The molecule has 0 atom stereocenters. The second kappa shape index (κ2) is 9.92. The van der Waals surface area contributed by atoms with Gasteiger partial charge in [0, 0.05) is 12.1 Å². The number of non-ortho nitro benzene ring substituents is 1. The number of sulfonamides is 1. The topological polar surface area (TPSA) is 119 Å². The Hall–Kier alpha value is -3.92. The molecule has 9 nitrogen and oxygen atoms in total. The van der Waals surface area contributed by atoms with E-state index in [1.165, 1.54) is 31.4 Å². The van der Waals surface area contributed by atoms with Gasteiger partial charge in [0.2, 0.25) is 5.91 Å². The molecule has 0 saturated heterocycles. The van der Waals surface area contributed by atoms with E-state index in [4.69, 9.17) is 4.74 Å². The van der Waals surface area contributed by atoms with Gasteiger partial charge in [0.15, 0.2) is 0 Å². The molecular weight excluding hydrogens is 458 g/mol. The number of nitro groups is 1.